The smallest absolute Gasteiger partial charge is 0.117 e. The van der Waals surface area contributed by atoms with Crippen LogP contribution in [0.3, 0.4) is 0 Å². The van der Waals surface area contributed by atoms with E-state index in [1.165, 1.54) is 11.1 Å². The first kappa shape index (κ1) is 11.9. The van der Waals surface area contributed by atoms with Crippen LogP contribution in [0, 0.1) is 6.92 Å². The maximum Gasteiger partial charge on any atom is 0.117 e. The number of nitrogens with two attached hydrogens (primary N) is 1. The van der Waals surface area contributed by atoms with Gasteiger partial charge in [-0.1, -0.05) is 29.8 Å². The zero-order chi connectivity index (χ0) is 13.2. The maximum absolute atomic E-state index is 5.66. The Morgan fingerprint density at radius 2 is 1.89 bits per heavy atom. The van der Waals surface area contributed by atoms with Crippen LogP contribution in [0.2, 0.25) is 0 Å². The first-order valence-electron chi connectivity index (χ1n) is 6.47. The Balaban J connectivity index is 1.95. The van der Waals surface area contributed by atoms with E-state index in [-0.39, 0.29) is 0 Å². The predicted molar refractivity (Wildman–Crippen MR) is 77.1 cm³/mol. The van der Waals surface area contributed by atoms with Gasteiger partial charge in [0.2, 0.25) is 0 Å². The first-order valence-corrected chi connectivity index (χ1v) is 6.47. The molecule has 3 nitrogen and oxygen atoms in total. The highest BCUT2D eigenvalue weighted by Gasteiger charge is 2.05. The summed E-state index contributed by atoms with van der Waals surface area (Å²) in [5.41, 5.74) is 10.5. The molecule has 19 heavy (non-hydrogen) atoms. The number of benzene rings is 1. The van der Waals surface area contributed by atoms with Gasteiger partial charge >= 0.3 is 0 Å². The van der Waals surface area contributed by atoms with Crippen LogP contribution in [0.15, 0.2) is 48.8 Å². The normalized spacial score (nSPS) is 11.1. The predicted octanol–water partition coefficient (Wildman–Crippen LogP) is 2.69. The van der Waals surface area contributed by atoms with Crippen LogP contribution in [0.1, 0.15) is 22.5 Å². The molecule has 0 aliphatic rings. The zero-order valence-electron chi connectivity index (χ0n) is 11.0. The van der Waals surface area contributed by atoms with Crippen LogP contribution in [-0.2, 0) is 13.0 Å². The minimum absolute atomic E-state index is 0.564. The van der Waals surface area contributed by atoms with Crippen molar-refractivity contribution < 1.29 is 0 Å². The molecule has 0 bridgehead atoms. The lowest BCUT2D eigenvalue weighted by molar-refractivity contribution is 0.953. The van der Waals surface area contributed by atoms with E-state index >= 15 is 0 Å². The second-order valence-corrected chi connectivity index (χ2v) is 4.87. The summed E-state index contributed by atoms with van der Waals surface area (Å²) < 4.78 is 2.12. The minimum Gasteiger partial charge on any atom is -0.326 e. The molecular weight excluding hydrogens is 234 g/mol. The van der Waals surface area contributed by atoms with Gasteiger partial charge in [0, 0.05) is 19.2 Å². The van der Waals surface area contributed by atoms with Crippen LogP contribution in [-0.4, -0.2) is 9.38 Å². The Labute approximate surface area is 112 Å². The molecule has 0 unspecified atom stereocenters. The highest BCUT2D eigenvalue weighted by Crippen LogP contribution is 2.14. The molecule has 96 valence electrons. The Morgan fingerprint density at radius 1 is 1.11 bits per heavy atom. The summed E-state index contributed by atoms with van der Waals surface area (Å²) in [4.78, 5) is 4.51. The van der Waals surface area contributed by atoms with Crippen LogP contribution < -0.4 is 5.73 Å². The molecule has 1 aromatic carbocycles. The molecule has 0 saturated heterocycles. The number of aromatic nitrogens is 2. The molecule has 0 aliphatic carbocycles. The number of aryl methyl sites for hydroxylation is 1. The number of fused-ring (bicyclic) bond motifs is 1. The van der Waals surface area contributed by atoms with E-state index in [1.54, 1.807) is 0 Å². The molecule has 3 rings (SSSR count). The van der Waals surface area contributed by atoms with Gasteiger partial charge in [-0.05, 0) is 30.2 Å². The van der Waals surface area contributed by atoms with Gasteiger partial charge in [-0.3, -0.25) is 0 Å². The van der Waals surface area contributed by atoms with E-state index in [4.69, 9.17) is 5.73 Å². The van der Waals surface area contributed by atoms with Crippen molar-refractivity contribution in [2.75, 3.05) is 0 Å². The second-order valence-electron chi connectivity index (χ2n) is 4.87. The number of hydrogen-bond donors (Lipinski definition) is 1. The fourth-order valence-corrected chi connectivity index (χ4v) is 2.25. The van der Waals surface area contributed by atoms with Crippen molar-refractivity contribution in [3.05, 3.63) is 71.3 Å². The zero-order valence-corrected chi connectivity index (χ0v) is 11.0. The lowest BCUT2D eigenvalue weighted by Crippen LogP contribution is -1.99. The van der Waals surface area contributed by atoms with Crippen molar-refractivity contribution in [3.63, 3.8) is 0 Å². The molecule has 3 heteroatoms. The lowest BCUT2D eigenvalue weighted by atomic mass is 10.1. The third-order valence-corrected chi connectivity index (χ3v) is 3.39. The van der Waals surface area contributed by atoms with Gasteiger partial charge in [0.05, 0.1) is 11.7 Å². The highest BCUT2D eigenvalue weighted by molar-refractivity contribution is 5.48. The van der Waals surface area contributed by atoms with Crippen molar-refractivity contribution in [2.45, 2.75) is 19.9 Å². The van der Waals surface area contributed by atoms with Gasteiger partial charge in [-0.25, -0.2) is 4.98 Å². The number of imidazole rings is 1. The van der Waals surface area contributed by atoms with Crippen LogP contribution in [0.5, 0.6) is 0 Å². The Hall–Kier alpha value is -2.13. The largest absolute Gasteiger partial charge is 0.326 e. The number of nitrogens with zero attached hydrogens (tertiary/aromatic N) is 2. The van der Waals surface area contributed by atoms with Crippen molar-refractivity contribution in [1.29, 1.82) is 0 Å². The lowest BCUT2D eigenvalue weighted by Gasteiger charge is -2.04. The van der Waals surface area contributed by atoms with E-state index in [0.717, 1.165) is 23.3 Å². The number of hydrogen-bond acceptors (Lipinski definition) is 2. The van der Waals surface area contributed by atoms with Gasteiger partial charge in [-0.2, -0.15) is 0 Å². The highest BCUT2D eigenvalue weighted by atomic mass is 15.0. The molecule has 0 saturated carbocycles. The first-order chi connectivity index (χ1) is 9.26. The summed E-state index contributed by atoms with van der Waals surface area (Å²) in [5, 5.41) is 0. The molecule has 0 spiro atoms. The average molecular weight is 251 g/mol. The molecule has 2 aromatic heterocycles. The van der Waals surface area contributed by atoms with Crippen LogP contribution in [0.25, 0.3) is 5.52 Å². The van der Waals surface area contributed by atoms with E-state index in [1.807, 2.05) is 18.5 Å². The fourth-order valence-electron chi connectivity index (χ4n) is 2.25. The van der Waals surface area contributed by atoms with Crippen molar-refractivity contribution in [1.82, 2.24) is 9.38 Å². The van der Waals surface area contributed by atoms with E-state index in [2.05, 4.69) is 46.6 Å². The summed E-state index contributed by atoms with van der Waals surface area (Å²) in [6.45, 7) is 2.66. The summed E-state index contributed by atoms with van der Waals surface area (Å²) in [5.74, 6) is 1.06. The topological polar surface area (TPSA) is 43.3 Å². The van der Waals surface area contributed by atoms with E-state index in [9.17, 15) is 0 Å². The molecule has 0 aliphatic heterocycles. The summed E-state index contributed by atoms with van der Waals surface area (Å²) in [6, 6.07) is 12.7. The van der Waals surface area contributed by atoms with Gasteiger partial charge in [0.15, 0.2) is 0 Å². The second kappa shape index (κ2) is 4.86. The molecule has 2 N–H and O–H groups in total. The Kier molecular flexibility index (Phi) is 3.05. The van der Waals surface area contributed by atoms with Crippen molar-refractivity contribution in [3.8, 4) is 0 Å². The van der Waals surface area contributed by atoms with Gasteiger partial charge < -0.3 is 10.1 Å². The molecule has 0 atom stereocenters. The maximum atomic E-state index is 5.66. The van der Waals surface area contributed by atoms with Crippen molar-refractivity contribution in [2.24, 2.45) is 5.73 Å². The Morgan fingerprint density at radius 3 is 2.63 bits per heavy atom. The van der Waals surface area contributed by atoms with Gasteiger partial charge in [0.1, 0.15) is 5.82 Å². The third kappa shape index (κ3) is 2.37. The monoisotopic (exact) mass is 251 g/mol. The molecular formula is C16H17N3. The molecule has 0 fully saturated rings. The SMILES string of the molecule is Cc1ccc(Cc2ncc3cc(CN)ccn23)cc1. The van der Waals surface area contributed by atoms with E-state index in [0.29, 0.717) is 6.54 Å². The summed E-state index contributed by atoms with van der Waals surface area (Å²) in [6.07, 6.45) is 4.80. The van der Waals surface area contributed by atoms with Crippen molar-refractivity contribution >= 4 is 5.52 Å². The molecule has 0 radical (unpaired) electrons. The number of pyridine rings is 1. The minimum atomic E-state index is 0.564. The van der Waals surface area contributed by atoms with E-state index < -0.39 is 0 Å². The van der Waals surface area contributed by atoms with Gasteiger partial charge in [-0.15, -0.1) is 0 Å². The fraction of sp³-hybridized carbons (Fsp3) is 0.188. The summed E-state index contributed by atoms with van der Waals surface area (Å²) >= 11 is 0. The Bertz CT molecular complexity index is 696. The quantitative estimate of drug-likeness (QED) is 0.777. The molecule has 3 aromatic rings. The van der Waals surface area contributed by atoms with Gasteiger partial charge in [0.25, 0.3) is 0 Å². The standard InChI is InChI=1S/C16H17N3/c1-12-2-4-13(5-3-12)9-16-18-11-15-8-14(10-17)6-7-19(15)16/h2-8,11H,9-10,17H2,1H3. The average Bonchev–Trinajstić information content (AvgIpc) is 2.83. The van der Waals surface area contributed by atoms with Crippen LogP contribution >= 0.6 is 0 Å². The summed E-state index contributed by atoms with van der Waals surface area (Å²) in [7, 11) is 0. The van der Waals surface area contributed by atoms with Crippen LogP contribution in [0.4, 0.5) is 0 Å². The number of rotatable bonds is 3. The third-order valence-electron chi connectivity index (χ3n) is 3.39. The molecule has 2 heterocycles. The molecule has 0 amide bonds.